The van der Waals surface area contributed by atoms with Crippen molar-refractivity contribution < 1.29 is 9.13 Å². The summed E-state index contributed by atoms with van der Waals surface area (Å²) >= 11 is 3.35. The lowest BCUT2D eigenvalue weighted by Gasteiger charge is -2.25. The first-order valence-corrected chi connectivity index (χ1v) is 5.33. The molecular weight excluding hydrogens is 249 g/mol. The monoisotopic (exact) mass is 259 g/mol. The summed E-state index contributed by atoms with van der Waals surface area (Å²) in [5, 5.41) is 3.22. The maximum Gasteiger partial charge on any atom is 0.129 e. The number of hydrogen-bond acceptors (Lipinski definition) is 2. The van der Waals surface area contributed by atoms with Crippen LogP contribution in [0.3, 0.4) is 0 Å². The fourth-order valence-electron chi connectivity index (χ4n) is 1.59. The van der Waals surface area contributed by atoms with Crippen molar-refractivity contribution in [3.8, 4) is 0 Å². The summed E-state index contributed by atoms with van der Waals surface area (Å²) in [6.07, 6.45) is 0. The topological polar surface area (TPSA) is 21.3 Å². The predicted octanol–water partition coefficient (Wildman–Crippen LogP) is 2.25. The number of halogens is 2. The molecule has 14 heavy (non-hydrogen) atoms. The van der Waals surface area contributed by atoms with Gasteiger partial charge in [0.25, 0.3) is 0 Å². The summed E-state index contributed by atoms with van der Waals surface area (Å²) in [4.78, 5) is 0. The van der Waals surface area contributed by atoms with Crippen molar-refractivity contribution in [2.24, 2.45) is 0 Å². The molecule has 0 saturated carbocycles. The number of rotatable bonds is 1. The largest absolute Gasteiger partial charge is 0.378 e. The molecule has 1 heterocycles. The van der Waals surface area contributed by atoms with Crippen molar-refractivity contribution in [1.29, 1.82) is 0 Å². The van der Waals surface area contributed by atoms with Crippen molar-refractivity contribution in [3.05, 3.63) is 34.1 Å². The van der Waals surface area contributed by atoms with E-state index in [0.717, 1.165) is 11.0 Å². The van der Waals surface area contributed by atoms with E-state index in [9.17, 15) is 4.39 Å². The second kappa shape index (κ2) is 4.38. The van der Waals surface area contributed by atoms with E-state index in [1.165, 1.54) is 6.07 Å². The van der Waals surface area contributed by atoms with Crippen molar-refractivity contribution in [2.45, 2.75) is 6.04 Å². The molecule has 1 N–H and O–H groups in total. The average molecular weight is 260 g/mol. The zero-order valence-electron chi connectivity index (χ0n) is 7.59. The molecule has 0 aliphatic carbocycles. The fourth-order valence-corrected chi connectivity index (χ4v) is 2.21. The Labute approximate surface area is 90.6 Å². The van der Waals surface area contributed by atoms with Gasteiger partial charge in [0, 0.05) is 16.6 Å². The van der Waals surface area contributed by atoms with Crippen LogP contribution in [0.25, 0.3) is 0 Å². The van der Waals surface area contributed by atoms with Gasteiger partial charge in [-0.3, -0.25) is 0 Å². The maximum atomic E-state index is 13.5. The van der Waals surface area contributed by atoms with Crippen molar-refractivity contribution >= 4 is 15.9 Å². The smallest absolute Gasteiger partial charge is 0.129 e. The Morgan fingerprint density at radius 3 is 3.00 bits per heavy atom. The maximum absolute atomic E-state index is 13.5. The molecule has 76 valence electrons. The third-order valence-electron chi connectivity index (χ3n) is 2.27. The van der Waals surface area contributed by atoms with Crippen LogP contribution in [-0.4, -0.2) is 19.8 Å². The van der Waals surface area contributed by atoms with E-state index < -0.39 is 0 Å². The molecular formula is C10H11BrFNO. The first-order chi connectivity index (χ1) is 6.79. The number of nitrogens with one attached hydrogen (secondary N) is 1. The van der Waals surface area contributed by atoms with Crippen molar-refractivity contribution in [3.63, 3.8) is 0 Å². The molecule has 2 nitrogen and oxygen atoms in total. The van der Waals surface area contributed by atoms with Crippen LogP contribution >= 0.6 is 15.9 Å². The molecule has 0 radical (unpaired) electrons. The van der Waals surface area contributed by atoms with E-state index in [-0.39, 0.29) is 11.9 Å². The molecule has 1 aromatic carbocycles. The van der Waals surface area contributed by atoms with E-state index in [0.29, 0.717) is 18.8 Å². The van der Waals surface area contributed by atoms with E-state index >= 15 is 0 Å². The minimum Gasteiger partial charge on any atom is -0.378 e. The highest BCUT2D eigenvalue weighted by molar-refractivity contribution is 9.10. The van der Waals surface area contributed by atoms with Gasteiger partial charge < -0.3 is 10.1 Å². The molecule has 1 saturated heterocycles. The molecule has 1 aliphatic rings. The van der Waals surface area contributed by atoms with Crippen LogP contribution in [0, 0.1) is 5.82 Å². The molecule has 1 atom stereocenters. The lowest BCUT2D eigenvalue weighted by Crippen LogP contribution is -2.35. The second-order valence-corrected chi connectivity index (χ2v) is 4.07. The van der Waals surface area contributed by atoms with E-state index in [2.05, 4.69) is 21.2 Å². The third kappa shape index (κ3) is 1.97. The SMILES string of the molecule is Fc1cccc(Br)c1[C@H]1COCCN1. The summed E-state index contributed by atoms with van der Waals surface area (Å²) in [5.74, 6) is -0.192. The minimum atomic E-state index is -0.192. The highest BCUT2D eigenvalue weighted by Crippen LogP contribution is 2.27. The standard InChI is InChI=1S/C10H11BrFNO/c11-7-2-1-3-8(12)10(7)9-6-14-5-4-13-9/h1-3,9,13H,4-6H2/t9-/m1/s1. The molecule has 1 aliphatic heterocycles. The lowest BCUT2D eigenvalue weighted by atomic mass is 10.1. The summed E-state index contributed by atoms with van der Waals surface area (Å²) in [5.41, 5.74) is 0.659. The summed E-state index contributed by atoms with van der Waals surface area (Å²) in [6.45, 7) is 1.99. The highest BCUT2D eigenvalue weighted by Gasteiger charge is 2.20. The fraction of sp³-hybridized carbons (Fsp3) is 0.400. The van der Waals surface area contributed by atoms with Gasteiger partial charge >= 0.3 is 0 Å². The number of hydrogen-bond donors (Lipinski definition) is 1. The second-order valence-electron chi connectivity index (χ2n) is 3.22. The van der Waals surface area contributed by atoms with Crippen LogP contribution in [0.15, 0.2) is 22.7 Å². The molecule has 0 aromatic heterocycles. The van der Waals surface area contributed by atoms with E-state index in [1.807, 2.05) is 6.07 Å². The van der Waals surface area contributed by atoms with E-state index in [4.69, 9.17) is 4.74 Å². The molecule has 0 unspecified atom stereocenters. The summed E-state index contributed by atoms with van der Waals surface area (Å²) < 4.78 is 19.6. The third-order valence-corrected chi connectivity index (χ3v) is 2.96. The Balaban J connectivity index is 2.29. The Morgan fingerprint density at radius 2 is 2.36 bits per heavy atom. The van der Waals surface area contributed by atoms with Gasteiger partial charge in [-0.05, 0) is 12.1 Å². The predicted molar refractivity (Wildman–Crippen MR) is 55.7 cm³/mol. The van der Waals surface area contributed by atoms with Gasteiger partial charge in [0.2, 0.25) is 0 Å². The average Bonchev–Trinajstić information content (AvgIpc) is 2.19. The van der Waals surface area contributed by atoms with Crippen molar-refractivity contribution in [2.75, 3.05) is 19.8 Å². The molecule has 1 aromatic rings. The van der Waals surface area contributed by atoms with Crippen LogP contribution in [-0.2, 0) is 4.74 Å². The Kier molecular flexibility index (Phi) is 3.15. The first-order valence-electron chi connectivity index (χ1n) is 4.54. The Hall–Kier alpha value is -0.450. The van der Waals surface area contributed by atoms with Gasteiger partial charge in [-0.15, -0.1) is 0 Å². The Morgan fingerprint density at radius 1 is 1.50 bits per heavy atom. The zero-order valence-corrected chi connectivity index (χ0v) is 9.18. The normalized spacial score (nSPS) is 22.3. The van der Waals surface area contributed by atoms with Crippen LogP contribution in [0.2, 0.25) is 0 Å². The van der Waals surface area contributed by atoms with Gasteiger partial charge in [-0.2, -0.15) is 0 Å². The van der Waals surface area contributed by atoms with Crippen LogP contribution in [0.4, 0.5) is 4.39 Å². The lowest BCUT2D eigenvalue weighted by molar-refractivity contribution is 0.0755. The Bertz CT molecular complexity index is 306. The van der Waals surface area contributed by atoms with Gasteiger partial charge in [0.15, 0.2) is 0 Å². The highest BCUT2D eigenvalue weighted by atomic mass is 79.9. The first kappa shape index (κ1) is 10.1. The summed E-state index contributed by atoms with van der Waals surface area (Å²) in [6, 6.07) is 4.96. The molecule has 0 bridgehead atoms. The molecule has 4 heteroatoms. The van der Waals surface area contributed by atoms with E-state index in [1.54, 1.807) is 6.07 Å². The van der Waals surface area contributed by atoms with Gasteiger partial charge in [-0.1, -0.05) is 22.0 Å². The zero-order chi connectivity index (χ0) is 9.97. The van der Waals surface area contributed by atoms with Crippen LogP contribution in [0.1, 0.15) is 11.6 Å². The molecule has 0 spiro atoms. The molecule has 1 fully saturated rings. The van der Waals surface area contributed by atoms with Gasteiger partial charge in [0.1, 0.15) is 5.82 Å². The number of benzene rings is 1. The van der Waals surface area contributed by atoms with Crippen LogP contribution in [0.5, 0.6) is 0 Å². The quantitative estimate of drug-likeness (QED) is 0.836. The summed E-state index contributed by atoms with van der Waals surface area (Å²) in [7, 11) is 0. The molecule has 2 rings (SSSR count). The number of ether oxygens (including phenoxy) is 1. The molecule has 0 amide bonds. The van der Waals surface area contributed by atoms with Gasteiger partial charge in [0.05, 0.1) is 19.3 Å². The van der Waals surface area contributed by atoms with Gasteiger partial charge in [-0.25, -0.2) is 4.39 Å². The minimum absolute atomic E-state index is 0.0423. The van der Waals surface area contributed by atoms with Crippen molar-refractivity contribution in [1.82, 2.24) is 5.32 Å². The number of morpholine rings is 1. The van der Waals surface area contributed by atoms with Crippen LogP contribution < -0.4 is 5.32 Å².